The molecule has 1 spiro atoms. The van der Waals surface area contributed by atoms with Gasteiger partial charge in [-0.25, -0.2) is 18.2 Å². The average Bonchev–Trinajstić information content (AvgIpc) is 3.34. The molecular weight excluding hydrogens is 399 g/mol. The molecule has 6 rings (SSSR count). The first-order chi connectivity index (χ1) is 14.4. The molecule has 0 bridgehead atoms. The van der Waals surface area contributed by atoms with Crippen molar-refractivity contribution in [1.82, 2.24) is 19.5 Å². The Balaban J connectivity index is 1.27. The molecule has 0 aliphatic carbocycles. The van der Waals surface area contributed by atoms with E-state index < -0.39 is 35.3 Å². The molecule has 154 valence electrons. The van der Waals surface area contributed by atoms with Crippen LogP contribution in [0, 0.1) is 17.5 Å². The number of fused-ring (bicyclic) bond motifs is 2. The second kappa shape index (κ2) is 5.94. The maximum atomic E-state index is 13.8. The molecule has 5 heterocycles. The highest BCUT2D eigenvalue weighted by atomic mass is 19.1. The van der Waals surface area contributed by atoms with Gasteiger partial charge in [0.05, 0.1) is 25.3 Å². The van der Waals surface area contributed by atoms with Crippen LogP contribution in [0.2, 0.25) is 0 Å². The zero-order valence-corrected chi connectivity index (χ0v) is 15.6. The van der Waals surface area contributed by atoms with Gasteiger partial charge < -0.3 is 14.5 Å². The van der Waals surface area contributed by atoms with Crippen LogP contribution in [-0.4, -0.2) is 50.3 Å². The summed E-state index contributed by atoms with van der Waals surface area (Å²) in [5, 5.41) is 4.01. The van der Waals surface area contributed by atoms with Crippen LogP contribution in [-0.2, 0) is 9.53 Å². The van der Waals surface area contributed by atoms with Crippen molar-refractivity contribution >= 4 is 17.4 Å². The fourth-order valence-electron chi connectivity index (χ4n) is 4.84. The molecule has 1 aromatic carbocycles. The summed E-state index contributed by atoms with van der Waals surface area (Å²) in [5.74, 6) is -1.43. The highest BCUT2D eigenvalue weighted by Gasteiger charge is 2.63. The van der Waals surface area contributed by atoms with Crippen molar-refractivity contribution in [3.8, 4) is 0 Å². The Hall–Kier alpha value is -3.14. The van der Waals surface area contributed by atoms with Gasteiger partial charge in [-0.1, -0.05) is 0 Å². The number of hydrogen-bond acceptors (Lipinski definition) is 5. The molecule has 0 saturated carbocycles. The number of nitrogens with zero attached hydrogens (tertiary/aromatic N) is 5. The van der Waals surface area contributed by atoms with Crippen molar-refractivity contribution in [2.45, 2.75) is 30.7 Å². The first-order valence-corrected chi connectivity index (χ1v) is 9.65. The Morgan fingerprint density at radius 3 is 2.63 bits per heavy atom. The third kappa shape index (κ3) is 2.33. The minimum Gasteiger partial charge on any atom is -0.349 e. The summed E-state index contributed by atoms with van der Waals surface area (Å²) in [6, 6.07) is 4.62. The third-order valence-electron chi connectivity index (χ3n) is 6.14. The van der Waals surface area contributed by atoms with Crippen molar-refractivity contribution in [2.75, 3.05) is 18.0 Å². The number of halogens is 3. The average molecular weight is 415 g/mol. The van der Waals surface area contributed by atoms with E-state index in [2.05, 4.69) is 10.1 Å². The molecule has 3 aliphatic rings. The molecule has 0 N–H and O–H groups in total. The van der Waals surface area contributed by atoms with Crippen molar-refractivity contribution in [2.24, 2.45) is 0 Å². The van der Waals surface area contributed by atoms with Gasteiger partial charge in [0.2, 0.25) is 0 Å². The maximum absolute atomic E-state index is 13.8. The molecule has 10 heteroatoms. The quantitative estimate of drug-likeness (QED) is 0.644. The van der Waals surface area contributed by atoms with E-state index >= 15 is 0 Å². The molecule has 3 aliphatic heterocycles. The van der Waals surface area contributed by atoms with E-state index in [0.717, 1.165) is 12.3 Å². The van der Waals surface area contributed by atoms with Gasteiger partial charge in [0.25, 0.3) is 5.91 Å². The molecule has 1 amide bonds. The number of benzene rings is 1. The summed E-state index contributed by atoms with van der Waals surface area (Å²) in [6.45, 7) is 0.563. The number of rotatable bonds is 2. The monoisotopic (exact) mass is 415 g/mol. The topological polar surface area (TPSA) is 63.0 Å². The predicted octanol–water partition coefficient (Wildman–Crippen LogP) is 2.43. The molecular formula is C20H16F3N5O2. The number of hydrogen-bond donors (Lipinski definition) is 0. The van der Waals surface area contributed by atoms with E-state index in [1.54, 1.807) is 11.0 Å². The molecule has 3 saturated heterocycles. The van der Waals surface area contributed by atoms with Gasteiger partial charge in [0.1, 0.15) is 23.7 Å². The van der Waals surface area contributed by atoms with Gasteiger partial charge in [0.15, 0.2) is 17.1 Å². The van der Waals surface area contributed by atoms with E-state index in [1.165, 1.54) is 22.8 Å². The zero-order valence-electron chi connectivity index (χ0n) is 15.6. The third-order valence-corrected chi connectivity index (χ3v) is 6.14. The van der Waals surface area contributed by atoms with E-state index in [-0.39, 0.29) is 24.6 Å². The van der Waals surface area contributed by atoms with Gasteiger partial charge in [-0.15, -0.1) is 0 Å². The van der Waals surface area contributed by atoms with Gasteiger partial charge >= 0.3 is 0 Å². The normalized spacial score (nSPS) is 24.7. The van der Waals surface area contributed by atoms with Crippen molar-refractivity contribution in [1.29, 1.82) is 0 Å². The van der Waals surface area contributed by atoms with Gasteiger partial charge in [0, 0.05) is 12.3 Å². The second-order valence-electron chi connectivity index (χ2n) is 7.96. The summed E-state index contributed by atoms with van der Waals surface area (Å²) < 4.78 is 48.7. The summed E-state index contributed by atoms with van der Waals surface area (Å²) >= 11 is 0. The van der Waals surface area contributed by atoms with Crippen LogP contribution in [0.15, 0.2) is 36.7 Å². The highest BCUT2D eigenvalue weighted by molar-refractivity contribution is 5.91. The number of aromatic nitrogens is 3. The van der Waals surface area contributed by atoms with Crippen molar-refractivity contribution in [3.05, 3.63) is 59.7 Å². The number of carbonyl (C=O) groups is 1. The lowest BCUT2D eigenvalue weighted by atomic mass is 9.92. The van der Waals surface area contributed by atoms with Crippen LogP contribution in [0.3, 0.4) is 0 Å². The minimum atomic E-state index is -1.02. The van der Waals surface area contributed by atoms with E-state index in [1.807, 2.05) is 4.90 Å². The lowest BCUT2D eigenvalue weighted by Crippen LogP contribution is -2.67. The first-order valence-electron chi connectivity index (χ1n) is 9.65. The Bertz CT molecular complexity index is 1170. The van der Waals surface area contributed by atoms with Crippen molar-refractivity contribution in [3.63, 3.8) is 0 Å². The first kappa shape index (κ1) is 17.7. The predicted molar refractivity (Wildman–Crippen MR) is 97.9 cm³/mol. The molecule has 7 nitrogen and oxygen atoms in total. The van der Waals surface area contributed by atoms with E-state index in [0.29, 0.717) is 24.2 Å². The number of anilines is 1. The fraction of sp³-hybridized carbons (Fsp3) is 0.350. The van der Waals surface area contributed by atoms with Gasteiger partial charge in [-0.05, 0) is 36.6 Å². The Morgan fingerprint density at radius 1 is 1.10 bits per heavy atom. The number of carbonyl (C=O) groups excluding carboxylic acids is 1. The van der Waals surface area contributed by atoms with E-state index in [4.69, 9.17) is 4.74 Å². The summed E-state index contributed by atoms with van der Waals surface area (Å²) in [6.07, 6.45) is 3.34. The fourth-order valence-corrected chi connectivity index (χ4v) is 4.84. The smallest absolute Gasteiger partial charge is 0.261 e. The molecule has 2 aromatic heterocycles. The molecule has 0 radical (unpaired) electrons. The lowest BCUT2D eigenvalue weighted by Gasteiger charge is -2.46. The molecule has 3 aromatic rings. The standard InChI is InChI=1S/C20H16F3N5O2/c21-12-5-11(6-13(22)7-12)15-1-2-17-27(15)19(29)20(30-17)9-26(10-20)16-3-4-24-18-14(23)8-25-28(16)18/h3-8,15,17H,1-2,9-10H2/t15-,17+/m0/s1. The molecule has 2 atom stereocenters. The molecule has 3 fully saturated rings. The van der Waals surface area contributed by atoms with Crippen LogP contribution < -0.4 is 4.90 Å². The Morgan fingerprint density at radius 2 is 1.87 bits per heavy atom. The number of amides is 1. The summed E-state index contributed by atoms with van der Waals surface area (Å²) in [7, 11) is 0. The van der Waals surface area contributed by atoms with Crippen LogP contribution in [0.5, 0.6) is 0 Å². The summed E-state index contributed by atoms with van der Waals surface area (Å²) in [4.78, 5) is 20.7. The highest BCUT2D eigenvalue weighted by Crippen LogP contribution is 2.48. The largest absolute Gasteiger partial charge is 0.349 e. The van der Waals surface area contributed by atoms with Crippen LogP contribution >= 0.6 is 0 Å². The Kier molecular flexibility index (Phi) is 3.51. The molecule has 0 unspecified atom stereocenters. The van der Waals surface area contributed by atoms with Gasteiger partial charge in [-0.3, -0.25) is 4.79 Å². The van der Waals surface area contributed by atoms with Crippen LogP contribution in [0.25, 0.3) is 5.65 Å². The van der Waals surface area contributed by atoms with Crippen LogP contribution in [0.4, 0.5) is 19.0 Å². The Labute approximate surface area is 168 Å². The summed E-state index contributed by atoms with van der Waals surface area (Å²) in [5.41, 5.74) is -0.472. The second-order valence-corrected chi connectivity index (χ2v) is 7.96. The van der Waals surface area contributed by atoms with Crippen LogP contribution in [0.1, 0.15) is 24.4 Å². The number of ether oxygens (including phenoxy) is 1. The van der Waals surface area contributed by atoms with E-state index in [9.17, 15) is 18.0 Å². The van der Waals surface area contributed by atoms with Gasteiger partial charge in [-0.2, -0.15) is 9.61 Å². The maximum Gasteiger partial charge on any atom is 0.261 e. The molecule has 30 heavy (non-hydrogen) atoms. The lowest BCUT2D eigenvalue weighted by molar-refractivity contribution is -0.140. The minimum absolute atomic E-state index is 0.112. The van der Waals surface area contributed by atoms with Crippen molar-refractivity contribution < 1.29 is 22.7 Å². The SMILES string of the molecule is O=C1N2[C@@H](CC[C@H]2c2cc(F)cc(F)c2)OC12CN(c1ccnc3c(F)cnn13)C2. The zero-order chi connectivity index (χ0) is 20.6.